The van der Waals surface area contributed by atoms with Crippen molar-refractivity contribution < 1.29 is 35.5 Å². The summed E-state index contributed by atoms with van der Waals surface area (Å²) in [5.74, 6) is -0.152. The van der Waals surface area contributed by atoms with Gasteiger partial charge in [-0.2, -0.15) is 17.5 Å². The van der Waals surface area contributed by atoms with Crippen molar-refractivity contribution in [2.24, 2.45) is 5.92 Å². The van der Waals surface area contributed by atoms with Gasteiger partial charge in [0.15, 0.2) is 0 Å². The molecule has 8 nitrogen and oxygen atoms in total. The summed E-state index contributed by atoms with van der Waals surface area (Å²) in [5.41, 5.74) is 0.907. The Labute approximate surface area is 223 Å². The second-order valence-corrected chi connectivity index (χ2v) is 11.1. The van der Waals surface area contributed by atoms with Gasteiger partial charge in [0, 0.05) is 17.5 Å². The van der Waals surface area contributed by atoms with Crippen LogP contribution in [0.25, 0.3) is 11.3 Å². The van der Waals surface area contributed by atoms with Gasteiger partial charge in [0.2, 0.25) is 16.4 Å². The van der Waals surface area contributed by atoms with Gasteiger partial charge in [-0.1, -0.05) is 12.1 Å². The molecule has 2 aliphatic rings. The molecular formula is C26H26F4N4O4S. The maximum atomic E-state index is 12.9. The second kappa shape index (κ2) is 11.8. The highest BCUT2D eigenvalue weighted by atomic mass is 32.2. The second-order valence-electron chi connectivity index (χ2n) is 9.21. The molecule has 0 radical (unpaired) electrons. The molecule has 1 N–H and O–H groups in total. The molecule has 39 heavy (non-hydrogen) atoms. The van der Waals surface area contributed by atoms with E-state index in [0.29, 0.717) is 36.6 Å². The molecule has 2 saturated heterocycles. The van der Waals surface area contributed by atoms with Crippen molar-refractivity contribution in [2.45, 2.75) is 43.0 Å². The first-order valence-electron chi connectivity index (χ1n) is 12.0. The molecule has 0 saturated carbocycles. The van der Waals surface area contributed by atoms with E-state index in [1.165, 1.54) is 47.0 Å². The molecule has 3 atom stereocenters. The molecule has 2 aliphatic heterocycles. The van der Waals surface area contributed by atoms with Crippen LogP contribution in [0.1, 0.15) is 24.6 Å². The molecule has 3 heterocycles. The summed E-state index contributed by atoms with van der Waals surface area (Å²) in [6.07, 6.45) is -1.69. The number of alkyl halides is 3. The van der Waals surface area contributed by atoms with Gasteiger partial charge in [0.25, 0.3) is 0 Å². The number of hydrogen-bond acceptors (Lipinski definition) is 6. The number of carbonyl (C=O) groups excluding carboxylic acids is 1. The highest BCUT2D eigenvalue weighted by Gasteiger charge is 2.48. The van der Waals surface area contributed by atoms with Crippen molar-refractivity contribution in [2.75, 3.05) is 13.2 Å². The number of rotatable bonds is 6. The Hall–Kier alpha value is -3.42. The van der Waals surface area contributed by atoms with E-state index in [1.54, 1.807) is 6.07 Å². The van der Waals surface area contributed by atoms with E-state index in [4.69, 9.17) is 4.74 Å². The van der Waals surface area contributed by atoms with Crippen LogP contribution in [0.5, 0.6) is 0 Å². The fourth-order valence-corrected chi connectivity index (χ4v) is 6.61. The summed E-state index contributed by atoms with van der Waals surface area (Å²) < 4.78 is 82.5. The van der Waals surface area contributed by atoms with Crippen molar-refractivity contribution >= 4 is 16.4 Å². The van der Waals surface area contributed by atoms with Crippen LogP contribution >= 0.6 is 0 Å². The number of sulfonamides is 1. The lowest BCUT2D eigenvalue weighted by Gasteiger charge is -2.26. The summed E-state index contributed by atoms with van der Waals surface area (Å²) in [5, 5.41) is 2.45. The quantitative estimate of drug-likeness (QED) is 0.357. The predicted molar refractivity (Wildman–Crippen MR) is 133 cm³/mol. The Morgan fingerprint density at radius 1 is 1.08 bits per heavy atom. The number of carbonyl (C=O) groups is 1. The van der Waals surface area contributed by atoms with Crippen LogP contribution in [0.2, 0.25) is 0 Å². The van der Waals surface area contributed by atoms with Crippen LogP contribution in [0.3, 0.4) is 0 Å². The Balaban J connectivity index is 0.000000181. The number of nitrogens with zero attached hydrogens (tertiary/aromatic N) is 3. The molecule has 2 fully saturated rings. The summed E-state index contributed by atoms with van der Waals surface area (Å²) in [6.45, 7) is 3.24. The number of hydrogen-bond donors (Lipinski definition) is 1. The molecule has 5 rings (SSSR count). The minimum Gasteiger partial charge on any atom is -0.379 e. The van der Waals surface area contributed by atoms with Gasteiger partial charge in [-0.3, -0.25) is 4.79 Å². The zero-order chi connectivity index (χ0) is 28.2. The maximum absolute atomic E-state index is 12.9. The van der Waals surface area contributed by atoms with E-state index in [-0.39, 0.29) is 29.4 Å². The smallest absolute Gasteiger partial charge is 0.379 e. The molecule has 0 bridgehead atoms. The minimum absolute atomic E-state index is 0.0334. The van der Waals surface area contributed by atoms with Gasteiger partial charge in [-0.15, -0.1) is 0 Å². The molecule has 1 aromatic heterocycles. The van der Waals surface area contributed by atoms with Crippen LogP contribution in [0, 0.1) is 11.7 Å². The molecule has 3 aromatic rings. The first-order valence-corrected chi connectivity index (χ1v) is 13.5. The van der Waals surface area contributed by atoms with Crippen LogP contribution in [-0.2, 0) is 32.3 Å². The summed E-state index contributed by atoms with van der Waals surface area (Å²) >= 11 is 0. The fourth-order valence-electron chi connectivity index (χ4n) is 4.73. The first kappa shape index (κ1) is 28.6. The largest absolute Gasteiger partial charge is 0.416 e. The van der Waals surface area contributed by atoms with Crippen molar-refractivity contribution in [3.05, 3.63) is 78.0 Å². The Kier molecular flexibility index (Phi) is 8.62. The summed E-state index contributed by atoms with van der Waals surface area (Å²) in [7, 11) is -3.57. The molecule has 2 aromatic carbocycles. The van der Waals surface area contributed by atoms with Gasteiger partial charge in [-0.25, -0.2) is 22.8 Å². The molecular weight excluding hydrogens is 540 g/mol. The average Bonchev–Trinajstić information content (AvgIpc) is 3.48. The van der Waals surface area contributed by atoms with Crippen LogP contribution in [0.4, 0.5) is 17.6 Å². The van der Waals surface area contributed by atoms with Gasteiger partial charge in [0.05, 0.1) is 47.6 Å². The lowest BCUT2D eigenvalue weighted by atomic mass is 10.0. The normalized spacial score (nSPS) is 21.1. The number of halogens is 4. The Morgan fingerprint density at radius 2 is 1.77 bits per heavy atom. The van der Waals surface area contributed by atoms with Gasteiger partial charge in [0.1, 0.15) is 12.1 Å². The highest BCUT2D eigenvalue weighted by molar-refractivity contribution is 7.89. The first-order chi connectivity index (χ1) is 18.5. The number of fused-ring (bicyclic) bond motifs is 1. The third-order valence-electron chi connectivity index (χ3n) is 6.56. The van der Waals surface area contributed by atoms with Gasteiger partial charge in [-0.05, 0) is 55.8 Å². The van der Waals surface area contributed by atoms with Crippen molar-refractivity contribution in [3.8, 4) is 11.3 Å². The number of nitrogens with one attached hydrogen (secondary N) is 1. The average molecular weight is 567 g/mol. The minimum atomic E-state index is -4.36. The predicted octanol–water partition coefficient (Wildman–Crippen LogP) is 4.03. The van der Waals surface area contributed by atoms with Crippen molar-refractivity contribution in [1.82, 2.24) is 19.6 Å². The van der Waals surface area contributed by atoms with E-state index < -0.39 is 27.6 Å². The van der Waals surface area contributed by atoms with Crippen molar-refractivity contribution in [1.29, 1.82) is 0 Å². The van der Waals surface area contributed by atoms with Crippen LogP contribution in [-0.4, -0.2) is 54.4 Å². The third kappa shape index (κ3) is 6.60. The molecule has 0 spiro atoms. The standard InChI is InChI=1S/C13H10F3N3O.C13H16FNO3S/c14-13(15,16)10-3-1-9(2-4-10)12-5-11(6-17-8-20)18-7-19-12;1-9-6-10-7-18-8-13(10)15(9)19(16,17)12-4-2-11(14)3-5-12/h1-5,7-8H,6H2,(H,17,20);2-5,9-10,13H,6-8H2,1H3/t;9-,10-,13+/m.1/s1. The topological polar surface area (TPSA) is 101 Å². The number of amides is 1. The highest BCUT2D eigenvalue weighted by Crippen LogP contribution is 2.38. The lowest BCUT2D eigenvalue weighted by Crippen LogP contribution is -2.41. The summed E-state index contributed by atoms with van der Waals surface area (Å²) in [6, 6.07) is 11.2. The molecule has 0 aliphatic carbocycles. The molecule has 1 amide bonds. The monoisotopic (exact) mass is 566 g/mol. The van der Waals surface area contributed by atoms with Crippen LogP contribution < -0.4 is 5.32 Å². The Morgan fingerprint density at radius 3 is 2.41 bits per heavy atom. The number of ether oxygens (including phenoxy) is 1. The molecule has 13 heteroatoms. The van der Waals surface area contributed by atoms with E-state index in [0.717, 1.165) is 18.6 Å². The zero-order valence-electron chi connectivity index (χ0n) is 20.8. The van der Waals surface area contributed by atoms with E-state index in [2.05, 4.69) is 15.3 Å². The number of benzene rings is 2. The third-order valence-corrected chi connectivity index (χ3v) is 8.61. The lowest BCUT2D eigenvalue weighted by molar-refractivity contribution is -0.137. The van der Waals surface area contributed by atoms with Crippen LogP contribution in [0.15, 0.2) is 65.8 Å². The van der Waals surface area contributed by atoms with Gasteiger partial charge < -0.3 is 10.1 Å². The number of aromatic nitrogens is 2. The SMILES string of the molecule is C[C@@H]1C[C@@H]2COC[C@@H]2N1S(=O)(=O)c1ccc(F)cc1.O=CNCc1cc(-c2ccc(C(F)(F)F)cc2)ncn1. The Bertz CT molecular complexity index is 1390. The van der Waals surface area contributed by atoms with Gasteiger partial charge >= 0.3 is 6.18 Å². The fraction of sp³-hybridized carbons (Fsp3) is 0.346. The van der Waals surface area contributed by atoms with E-state index >= 15 is 0 Å². The van der Waals surface area contributed by atoms with Crippen molar-refractivity contribution in [3.63, 3.8) is 0 Å². The zero-order valence-corrected chi connectivity index (χ0v) is 21.6. The summed E-state index contributed by atoms with van der Waals surface area (Å²) in [4.78, 5) is 18.3. The van der Waals surface area contributed by atoms with E-state index in [9.17, 15) is 30.8 Å². The molecule has 0 unspecified atom stereocenters. The maximum Gasteiger partial charge on any atom is 0.416 e. The van der Waals surface area contributed by atoms with E-state index in [1.807, 2.05) is 6.92 Å². The molecule has 208 valence electrons.